The maximum Gasteiger partial charge on any atom is 0.412 e. The van der Waals surface area contributed by atoms with Crippen molar-refractivity contribution in [2.75, 3.05) is 19.9 Å². The number of nitrogens with zero attached hydrogens (tertiary/aromatic N) is 1. The molecule has 0 aromatic heterocycles. The Morgan fingerprint density at radius 3 is 2.57 bits per heavy atom. The Labute approximate surface area is 85.2 Å². The lowest BCUT2D eigenvalue weighted by Crippen LogP contribution is -2.39. The fourth-order valence-electron chi connectivity index (χ4n) is 0.965. The highest BCUT2D eigenvalue weighted by molar-refractivity contribution is 5.68. The summed E-state index contributed by atoms with van der Waals surface area (Å²) in [7, 11) is 0. The predicted molar refractivity (Wildman–Crippen MR) is 52.9 cm³/mol. The molecule has 0 saturated carbocycles. The molecule has 1 saturated heterocycles. The maximum atomic E-state index is 11.6. The second-order valence-electron chi connectivity index (χ2n) is 4.43. The summed E-state index contributed by atoms with van der Waals surface area (Å²) in [5.41, 5.74) is -0.417. The minimum atomic E-state index is -0.417. The zero-order valence-electron chi connectivity index (χ0n) is 9.37. The van der Waals surface area contributed by atoms with Gasteiger partial charge in [-0.1, -0.05) is 13.8 Å². The third-order valence-electron chi connectivity index (χ3n) is 2.75. The van der Waals surface area contributed by atoms with E-state index in [0.717, 1.165) is 0 Å². The van der Waals surface area contributed by atoms with Gasteiger partial charge in [-0.15, -0.1) is 0 Å². The minimum absolute atomic E-state index is 0.277. The lowest BCUT2D eigenvalue weighted by atomic mass is 9.95. The number of rotatable bonds is 2. The summed E-state index contributed by atoms with van der Waals surface area (Å²) >= 11 is 0. The molecule has 1 aliphatic heterocycles. The summed E-state index contributed by atoms with van der Waals surface area (Å²) < 4.78 is 10.5. The third kappa shape index (κ3) is 2.61. The maximum absolute atomic E-state index is 11.6. The van der Waals surface area contributed by atoms with E-state index in [9.17, 15) is 4.79 Å². The molecule has 1 fully saturated rings. The monoisotopic (exact) mass is 201 g/mol. The van der Waals surface area contributed by atoms with Crippen LogP contribution in [-0.2, 0) is 9.47 Å². The number of amides is 1. The zero-order valence-corrected chi connectivity index (χ0v) is 9.37. The molecule has 0 aromatic carbocycles. The number of carbonyl (C=O) groups is 1. The molecule has 4 heteroatoms. The highest BCUT2D eigenvalue weighted by Crippen LogP contribution is 2.21. The summed E-state index contributed by atoms with van der Waals surface area (Å²) in [4.78, 5) is 13.2. The lowest BCUT2D eigenvalue weighted by Gasteiger charge is -2.30. The van der Waals surface area contributed by atoms with Crippen LogP contribution < -0.4 is 0 Å². The zero-order chi connectivity index (χ0) is 10.8. The fraction of sp³-hybridized carbons (Fsp3) is 0.900. The van der Waals surface area contributed by atoms with E-state index < -0.39 is 5.60 Å². The minimum Gasteiger partial charge on any atom is -0.443 e. The van der Waals surface area contributed by atoms with E-state index in [-0.39, 0.29) is 6.09 Å². The molecule has 0 aromatic rings. The van der Waals surface area contributed by atoms with E-state index in [1.54, 1.807) is 4.90 Å². The summed E-state index contributed by atoms with van der Waals surface area (Å²) in [5, 5.41) is 0. The van der Waals surface area contributed by atoms with Gasteiger partial charge in [0.2, 0.25) is 0 Å². The second-order valence-corrected chi connectivity index (χ2v) is 4.43. The van der Waals surface area contributed by atoms with Crippen LogP contribution >= 0.6 is 0 Å². The van der Waals surface area contributed by atoms with Gasteiger partial charge in [0.15, 0.2) is 0 Å². The fourth-order valence-corrected chi connectivity index (χ4v) is 0.965. The average Bonchev–Trinajstić information content (AvgIpc) is 2.54. The van der Waals surface area contributed by atoms with Crippen molar-refractivity contribution in [1.29, 1.82) is 0 Å². The Morgan fingerprint density at radius 1 is 1.50 bits per heavy atom. The van der Waals surface area contributed by atoms with E-state index >= 15 is 0 Å². The van der Waals surface area contributed by atoms with Gasteiger partial charge in [-0.25, -0.2) is 4.79 Å². The Balaban J connectivity index is 2.46. The smallest absolute Gasteiger partial charge is 0.412 e. The topological polar surface area (TPSA) is 38.8 Å². The Kier molecular flexibility index (Phi) is 3.37. The van der Waals surface area contributed by atoms with E-state index in [1.807, 2.05) is 27.7 Å². The van der Waals surface area contributed by atoms with Gasteiger partial charge < -0.3 is 9.47 Å². The van der Waals surface area contributed by atoms with Crippen molar-refractivity contribution in [3.05, 3.63) is 0 Å². The van der Waals surface area contributed by atoms with Gasteiger partial charge in [-0.3, -0.25) is 4.90 Å². The average molecular weight is 201 g/mol. The van der Waals surface area contributed by atoms with E-state index in [4.69, 9.17) is 9.47 Å². The molecule has 0 bridgehead atoms. The van der Waals surface area contributed by atoms with Crippen molar-refractivity contribution < 1.29 is 14.3 Å². The van der Waals surface area contributed by atoms with Gasteiger partial charge >= 0.3 is 6.09 Å². The molecule has 0 unspecified atom stereocenters. The summed E-state index contributed by atoms with van der Waals surface area (Å²) in [6.45, 7) is 9.51. The van der Waals surface area contributed by atoms with Crippen molar-refractivity contribution in [2.45, 2.75) is 33.3 Å². The number of hydrogen-bond donors (Lipinski definition) is 0. The molecular formula is C10H19NO3. The van der Waals surface area contributed by atoms with Crippen molar-refractivity contribution in [2.24, 2.45) is 5.92 Å². The van der Waals surface area contributed by atoms with Crippen LogP contribution in [0, 0.1) is 5.92 Å². The summed E-state index contributed by atoms with van der Waals surface area (Å²) in [5.74, 6) is 0.301. The van der Waals surface area contributed by atoms with E-state index in [0.29, 0.717) is 25.8 Å². The first-order chi connectivity index (χ1) is 6.43. The molecule has 14 heavy (non-hydrogen) atoms. The van der Waals surface area contributed by atoms with Crippen molar-refractivity contribution >= 4 is 6.09 Å². The molecule has 0 aliphatic carbocycles. The van der Waals surface area contributed by atoms with Gasteiger partial charge in [0.05, 0.1) is 6.61 Å². The van der Waals surface area contributed by atoms with Crippen LogP contribution in [0.15, 0.2) is 0 Å². The number of hydrogen-bond acceptors (Lipinski definition) is 3. The molecular weight excluding hydrogens is 182 g/mol. The summed E-state index contributed by atoms with van der Waals surface area (Å²) in [6.07, 6.45) is -0.277. The van der Waals surface area contributed by atoms with Crippen LogP contribution in [0.25, 0.3) is 0 Å². The molecule has 1 rings (SSSR count). The first-order valence-electron chi connectivity index (χ1n) is 4.99. The number of ether oxygens (including phenoxy) is 2. The van der Waals surface area contributed by atoms with Crippen LogP contribution in [0.4, 0.5) is 4.79 Å². The lowest BCUT2D eigenvalue weighted by molar-refractivity contribution is -0.0170. The molecule has 0 N–H and O–H groups in total. The van der Waals surface area contributed by atoms with E-state index in [1.165, 1.54) is 0 Å². The van der Waals surface area contributed by atoms with Gasteiger partial charge in [0.1, 0.15) is 12.3 Å². The quantitative estimate of drug-likeness (QED) is 0.684. The number of carbonyl (C=O) groups excluding carboxylic acids is 1. The molecule has 82 valence electrons. The molecule has 4 nitrogen and oxygen atoms in total. The molecule has 1 amide bonds. The second kappa shape index (κ2) is 4.17. The largest absolute Gasteiger partial charge is 0.443 e. The highest BCUT2D eigenvalue weighted by atomic mass is 16.6. The standard InChI is InChI=1S/C10H19NO3/c1-8(2)10(3,4)14-9(12)11-5-6-13-7-11/h8H,5-7H2,1-4H3. The van der Waals surface area contributed by atoms with Gasteiger partial charge in [0, 0.05) is 6.54 Å². The van der Waals surface area contributed by atoms with Crippen molar-refractivity contribution in [3.63, 3.8) is 0 Å². The van der Waals surface area contributed by atoms with Crippen LogP contribution in [-0.4, -0.2) is 36.5 Å². The first kappa shape index (κ1) is 11.3. The predicted octanol–water partition coefficient (Wildman–Crippen LogP) is 1.85. The van der Waals surface area contributed by atoms with Crippen LogP contribution in [0.3, 0.4) is 0 Å². The van der Waals surface area contributed by atoms with Crippen LogP contribution in [0.1, 0.15) is 27.7 Å². The van der Waals surface area contributed by atoms with Crippen molar-refractivity contribution in [1.82, 2.24) is 4.90 Å². The third-order valence-corrected chi connectivity index (χ3v) is 2.75. The molecule has 1 aliphatic rings. The molecule has 0 radical (unpaired) electrons. The van der Waals surface area contributed by atoms with Gasteiger partial charge in [0.25, 0.3) is 0 Å². The van der Waals surface area contributed by atoms with Gasteiger partial charge in [-0.2, -0.15) is 0 Å². The first-order valence-corrected chi connectivity index (χ1v) is 4.99. The van der Waals surface area contributed by atoms with Crippen LogP contribution in [0.5, 0.6) is 0 Å². The highest BCUT2D eigenvalue weighted by Gasteiger charge is 2.30. The van der Waals surface area contributed by atoms with E-state index in [2.05, 4.69) is 0 Å². The SMILES string of the molecule is CC(C)C(C)(C)OC(=O)N1CCOC1. The molecule has 0 spiro atoms. The van der Waals surface area contributed by atoms with Crippen LogP contribution in [0.2, 0.25) is 0 Å². The molecule has 0 atom stereocenters. The Bertz CT molecular complexity index is 207. The summed E-state index contributed by atoms with van der Waals surface area (Å²) in [6, 6.07) is 0. The van der Waals surface area contributed by atoms with Crippen molar-refractivity contribution in [3.8, 4) is 0 Å². The Hall–Kier alpha value is -0.770. The van der Waals surface area contributed by atoms with Gasteiger partial charge in [-0.05, 0) is 19.8 Å². The normalized spacial score (nSPS) is 17.6. The Morgan fingerprint density at radius 2 is 2.14 bits per heavy atom. The molecule has 1 heterocycles.